The Morgan fingerprint density at radius 3 is 2.30 bits per heavy atom. The molecule has 1 aliphatic carbocycles. The van der Waals surface area contributed by atoms with Crippen LogP contribution in [0.5, 0.6) is 0 Å². The molecule has 1 fully saturated rings. The summed E-state index contributed by atoms with van der Waals surface area (Å²) in [5, 5.41) is 28.3. The van der Waals surface area contributed by atoms with E-state index < -0.39 is 5.60 Å². The Hall–Kier alpha value is -0.970. The Kier molecular flexibility index (Phi) is 12.6. The largest absolute Gasteiger partial charge is 0.396 e. The van der Waals surface area contributed by atoms with Gasteiger partial charge in [0, 0.05) is 25.6 Å². The molecule has 0 aliphatic heterocycles. The highest BCUT2D eigenvalue weighted by atomic mass is 16.3. The summed E-state index contributed by atoms with van der Waals surface area (Å²) in [6.07, 6.45) is 17.4. The molecule has 0 aromatic heterocycles. The van der Waals surface area contributed by atoms with E-state index in [1.807, 2.05) is 6.08 Å². The van der Waals surface area contributed by atoms with Crippen LogP contribution in [-0.4, -0.2) is 39.9 Å². The summed E-state index contributed by atoms with van der Waals surface area (Å²) < 4.78 is 0. The molecule has 4 nitrogen and oxygen atoms in total. The number of allylic oxidation sites excluding steroid dienone is 1. The van der Waals surface area contributed by atoms with E-state index in [4.69, 9.17) is 10.2 Å². The van der Waals surface area contributed by atoms with Crippen molar-refractivity contribution in [2.75, 3.05) is 13.2 Å². The van der Waals surface area contributed by atoms with Crippen LogP contribution in [0.1, 0.15) is 83.5 Å². The van der Waals surface area contributed by atoms with Crippen LogP contribution >= 0.6 is 0 Å². The average molecular weight is 381 g/mol. The average Bonchev–Trinajstić information content (AvgIpc) is 3.01. The molecule has 0 aromatic carbocycles. The molecule has 156 valence electrons. The van der Waals surface area contributed by atoms with Gasteiger partial charge in [0.15, 0.2) is 0 Å². The lowest BCUT2D eigenvalue weighted by atomic mass is 9.88. The van der Waals surface area contributed by atoms with Gasteiger partial charge < -0.3 is 15.3 Å². The van der Waals surface area contributed by atoms with Crippen molar-refractivity contribution >= 4 is 5.78 Å². The maximum atomic E-state index is 12.2. The summed E-state index contributed by atoms with van der Waals surface area (Å²) in [6, 6.07) is 0. The number of aliphatic hydroxyl groups excluding tert-OH is 2. The van der Waals surface area contributed by atoms with Crippen LogP contribution in [0.4, 0.5) is 0 Å². The molecule has 1 unspecified atom stereocenters. The summed E-state index contributed by atoms with van der Waals surface area (Å²) in [4.78, 5) is 12.2. The number of rotatable bonds is 16. The van der Waals surface area contributed by atoms with Crippen molar-refractivity contribution < 1.29 is 20.1 Å². The number of Topliss-reactive ketones (excluding diaryl/α,β-unsaturated/α-hetero) is 1. The van der Waals surface area contributed by atoms with E-state index in [0.717, 1.165) is 64.2 Å². The lowest BCUT2D eigenvalue weighted by molar-refractivity contribution is -0.121. The maximum Gasteiger partial charge on any atom is 0.136 e. The second-order valence-corrected chi connectivity index (χ2v) is 8.03. The van der Waals surface area contributed by atoms with E-state index in [9.17, 15) is 9.90 Å². The van der Waals surface area contributed by atoms with Gasteiger partial charge in [-0.2, -0.15) is 0 Å². The molecule has 4 heteroatoms. The fourth-order valence-electron chi connectivity index (χ4n) is 4.00. The van der Waals surface area contributed by atoms with Gasteiger partial charge in [-0.25, -0.2) is 0 Å². The topological polar surface area (TPSA) is 77.8 Å². The minimum atomic E-state index is -0.892. The normalized spacial score (nSPS) is 22.4. The molecule has 0 aromatic rings. The molecule has 27 heavy (non-hydrogen) atoms. The molecule has 0 spiro atoms. The second-order valence-electron chi connectivity index (χ2n) is 8.03. The highest BCUT2D eigenvalue weighted by Crippen LogP contribution is 2.34. The number of carbonyl (C=O) groups excluding carboxylic acids is 1. The molecule has 0 amide bonds. The minimum absolute atomic E-state index is 0.139. The van der Waals surface area contributed by atoms with Gasteiger partial charge in [0.1, 0.15) is 5.78 Å². The zero-order valence-electron chi connectivity index (χ0n) is 17.0. The summed E-state index contributed by atoms with van der Waals surface area (Å²) in [5.74, 6) is 0.835. The van der Waals surface area contributed by atoms with Gasteiger partial charge >= 0.3 is 0 Å². The quantitative estimate of drug-likeness (QED) is 0.275. The summed E-state index contributed by atoms with van der Waals surface area (Å²) in [6.45, 7) is 4.25. The van der Waals surface area contributed by atoms with Crippen LogP contribution in [0.2, 0.25) is 0 Å². The van der Waals surface area contributed by atoms with Gasteiger partial charge in [0.2, 0.25) is 0 Å². The third kappa shape index (κ3) is 9.68. The summed E-state index contributed by atoms with van der Waals surface area (Å²) >= 11 is 0. The van der Waals surface area contributed by atoms with Gasteiger partial charge in [0.05, 0.1) is 5.60 Å². The summed E-state index contributed by atoms with van der Waals surface area (Å²) in [5.41, 5.74) is -0.892. The Bertz CT molecular complexity index is 446. The van der Waals surface area contributed by atoms with Crippen LogP contribution in [0.3, 0.4) is 0 Å². The Morgan fingerprint density at radius 2 is 1.63 bits per heavy atom. The molecule has 1 aliphatic rings. The van der Waals surface area contributed by atoms with E-state index >= 15 is 0 Å². The van der Waals surface area contributed by atoms with Gasteiger partial charge in [-0.1, -0.05) is 56.8 Å². The Balaban J connectivity index is 2.40. The first kappa shape index (κ1) is 24.1. The molecule has 3 N–H and O–H groups in total. The first-order valence-electron chi connectivity index (χ1n) is 10.8. The number of ketones is 1. The molecule has 0 bridgehead atoms. The van der Waals surface area contributed by atoms with E-state index in [1.165, 1.54) is 0 Å². The fraction of sp³-hybridized carbons (Fsp3) is 0.783. The monoisotopic (exact) mass is 380 g/mol. The standard InChI is InChI=1S/C23H40O4/c1-2-23(27,16-8-6-10-19-25)17-11-12-20-14-15-22(26)21(20)13-7-4-3-5-9-18-24/h2,11-12,20-21,24-25,27H,1,3-10,13-19H2/t20-,21+,23?/m0/s1. The highest BCUT2D eigenvalue weighted by Gasteiger charge is 2.32. The Labute approximate surface area is 165 Å². The third-order valence-electron chi connectivity index (χ3n) is 5.83. The van der Waals surface area contributed by atoms with Gasteiger partial charge in [0.25, 0.3) is 0 Å². The van der Waals surface area contributed by atoms with E-state index in [1.54, 1.807) is 6.08 Å². The molecule has 0 heterocycles. The first-order valence-corrected chi connectivity index (χ1v) is 10.8. The fourth-order valence-corrected chi connectivity index (χ4v) is 4.00. The molecule has 0 saturated heterocycles. The molecular formula is C23H40O4. The van der Waals surface area contributed by atoms with Crippen molar-refractivity contribution in [3.8, 4) is 0 Å². The lowest BCUT2D eigenvalue weighted by Crippen LogP contribution is -2.24. The van der Waals surface area contributed by atoms with Gasteiger partial charge in [-0.15, -0.1) is 6.58 Å². The predicted molar refractivity (Wildman–Crippen MR) is 110 cm³/mol. The smallest absolute Gasteiger partial charge is 0.136 e. The molecule has 3 atom stereocenters. The number of hydrogen-bond acceptors (Lipinski definition) is 4. The van der Waals surface area contributed by atoms with Crippen molar-refractivity contribution in [1.82, 2.24) is 0 Å². The van der Waals surface area contributed by atoms with Crippen molar-refractivity contribution in [3.05, 3.63) is 24.8 Å². The van der Waals surface area contributed by atoms with Crippen LogP contribution in [0.25, 0.3) is 0 Å². The first-order chi connectivity index (χ1) is 13.1. The number of unbranched alkanes of at least 4 members (excludes halogenated alkanes) is 6. The van der Waals surface area contributed by atoms with E-state index in [0.29, 0.717) is 31.0 Å². The second kappa shape index (κ2) is 14.1. The van der Waals surface area contributed by atoms with Crippen molar-refractivity contribution in [2.24, 2.45) is 11.8 Å². The lowest BCUT2D eigenvalue weighted by Gasteiger charge is -2.23. The van der Waals surface area contributed by atoms with Crippen molar-refractivity contribution in [2.45, 2.75) is 89.1 Å². The Morgan fingerprint density at radius 1 is 1.00 bits per heavy atom. The molecule has 1 rings (SSSR count). The van der Waals surface area contributed by atoms with Gasteiger partial charge in [-0.05, 0) is 44.4 Å². The zero-order chi connectivity index (χ0) is 20.0. The van der Waals surface area contributed by atoms with Crippen LogP contribution in [0, 0.1) is 11.8 Å². The number of hydrogen-bond donors (Lipinski definition) is 3. The van der Waals surface area contributed by atoms with E-state index in [2.05, 4.69) is 12.7 Å². The third-order valence-corrected chi connectivity index (χ3v) is 5.83. The van der Waals surface area contributed by atoms with Crippen LogP contribution < -0.4 is 0 Å². The maximum absolute atomic E-state index is 12.2. The van der Waals surface area contributed by atoms with Gasteiger partial charge in [-0.3, -0.25) is 4.79 Å². The molecular weight excluding hydrogens is 340 g/mol. The predicted octanol–water partition coefficient (Wildman–Crippen LogP) is 4.33. The molecule has 0 radical (unpaired) electrons. The van der Waals surface area contributed by atoms with Crippen molar-refractivity contribution in [3.63, 3.8) is 0 Å². The van der Waals surface area contributed by atoms with Crippen LogP contribution in [0.15, 0.2) is 24.8 Å². The number of carbonyl (C=O) groups is 1. The summed E-state index contributed by atoms with van der Waals surface area (Å²) in [7, 11) is 0. The zero-order valence-corrected chi connectivity index (χ0v) is 17.0. The highest BCUT2D eigenvalue weighted by molar-refractivity contribution is 5.83. The number of aliphatic hydroxyl groups is 3. The minimum Gasteiger partial charge on any atom is -0.396 e. The van der Waals surface area contributed by atoms with Crippen LogP contribution in [-0.2, 0) is 4.79 Å². The SMILES string of the molecule is C=CC(O)(CC=C[C@H]1CCC(=O)[C@@H]1CCCCCCCO)CCCCCO. The molecule has 1 saturated carbocycles. The van der Waals surface area contributed by atoms with E-state index in [-0.39, 0.29) is 19.1 Å². The van der Waals surface area contributed by atoms with Crippen molar-refractivity contribution in [1.29, 1.82) is 0 Å².